The lowest BCUT2D eigenvalue weighted by atomic mass is 9.12. The van der Waals surface area contributed by atoms with E-state index in [1.54, 1.807) is 0 Å². The standard InChI is InChI=1S/C10H20B2/c1-9(2,3)7-11-8(12-7)10(4,5)6/h7-8H,1-6H3. The third-order valence-electron chi connectivity index (χ3n) is 2.83. The highest BCUT2D eigenvalue weighted by molar-refractivity contribution is 6.80. The van der Waals surface area contributed by atoms with Crippen LogP contribution in [0.1, 0.15) is 41.5 Å². The van der Waals surface area contributed by atoms with Gasteiger partial charge in [-0.3, -0.25) is 0 Å². The van der Waals surface area contributed by atoms with Crippen molar-refractivity contribution >= 4 is 14.6 Å². The van der Waals surface area contributed by atoms with E-state index in [-0.39, 0.29) is 0 Å². The van der Waals surface area contributed by atoms with Gasteiger partial charge in [-0.25, -0.2) is 0 Å². The SMILES string of the molecule is CC(C)(C)C1[B]C(C(C)(C)C)[B]1. The topological polar surface area (TPSA) is 0 Å². The van der Waals surface area contributed by atoms with Gasteiger partial charge in [0.25, 0.3) is 0 Å². The lowest BCUT2D eigenvalue weighted by Crippen LogP contribution is -2.46. The molecule has 0 spiro atoms. The zero-order valence-electron chi connectivity index (χ0n) is 9.31. The van der Waals surface area contributed by atoms with Gasteiger partial charge in [0.05, 0.1) is 14.6 Å². The Kier molecular flexibility index (Phi) is 2.40. The summed E-state index contributed by atoms with van der Waals surface area (Å²) in [7, 11) is 5.00. The second-order valence-electron chi connectivity index (χ2n) is 6.17. The highest BCUT2D eigenvalue weighted by atomic mass is 14.3. The van der Waals surface area contributed by atoms with Crippen LogP contribution in [0, 0.1) is 10.8 Å². The number of hydrogen-bond donors (Lipinski definition) is 0. The van der Waals surface area contributed by atoms with Crippen LogP contribution < -0.4 is 0 Å². The molecule has 0 aromatic carbocycles. The molecule has 1 saturated heterocycles. The molecule has 0 amide bonds. The maximum absolute atomic E-state index is 2.50. The molecule has 2 heteroatoms. The van der Waals surface area contributed by atoms with E-state index in [2.05, 4.69) is 56.1 Å². The summed E-state index contributed by atoms with van der Waals surface area (Å²) in [6, 6.07) is 0. The Morgan fingerprint density at radius 3 is 1.08 bits per heavy atom. The van der Waals surface area contributed by atoms with Gasteiger partial charge in [-0.2, -0.15) is 0 Å². The monoisotopic (exact) mass is 162 g/mol. The average Bonchev–Trinajstić information content (AvgIpc) is 1.46. The lowest BCUT2D eigenvalue weighted by molar-refractivity contribution is 0.383. The molecule has 1 heterocycles. The second-order valence-corrected chi connectivity index (χ2v) is 6.17. The van der Waals surface area contributed by atoms with E-state index < -0.39 is 0 Å². The Hall–Kier alpha value is 0.130. The summed E-state index contributed by atoms with van der Waals surface area (Å²) in [5, 5.41) is 0. The van der Waals surface area contributed by atoms with Crippen molar-refractivity contribution in [3.05, 3.63) is 0 Å². The molecular formula is C10H20B2. The fourth-order valence-corrected chi connectivity index (χ4v) is 1.58. The summed E-state index contributed by atoms with van der Waals surface area (Å²) >= 11 is 0. The second kappa shape index (κ2) is 2.82. The smallest absolute Gasteiger partial charge is 0.0906 e. The van der Waals surface area contributed by atoms with E-state index in [1.807, 2.05) is 0 Å². The van der Waals surface area contributed by atoms with Gasteiger partial charge >= 0.3 is 0 Å². The maximum atomic E-state index is 2.50. The Labute approximate surface area is 79.0 Å². The van der Waals surface area contributed by atoms with Crippen LogP contribution in [0.25, 0.3) is 0 Å². The van der Waals surface area contributed by atoms with Crippen molar-refractivity contribution in [2.75, 3.05) is 0 Å². The molecule has 0 bridgehead atoms. The number of rotatable bonds is 0. The fourth-order valence-electron chi connectivity index (χ4n) is 1.58. The van der Waals surface area contributed by atoms with Crippen molar-refractivity contribution in [1.29, 1.82) is 0 Å². The quantitative estimate of drug-likeness (QED) is 0.480. The van der Waals surface area contributed by atoms with Crippen molar-refractivity contribution in [2.45, 2.75) is 53.0 Å². The largest absolute Gasteiger partial charge is 0.0994 e. The predicted octanol–water partition coefficient (Wildman–Crippen LogP) is 2.99. The molecular weight excluding hydrogens is 142 g/mol. The van der Waals surface area contributed by atoms with Crippen LogP contribution in [-0.4, -0.2) is 14.6 Å². The summed E-state index contributed by atoms with van der Waals surface area (Å²) in [6.07, 6.45) is 0. The lowest BCUT2D eigenvalue weighted by Gasteiger charge is -2.48. The van der Waals surface area contributed by atoms with Gasteiger partial charge in [-0.1, -0.05) is 53.0 Å². The maximum Gasteiger partial charge on any atom is 0.0994 e. The van der Waals surface area contributed by atoms with E-state index in [1.165, 1.54) is 0 Å². The van der Waals surface area contributed by atoms with Crippen molar-refractivity contribution in [2.24, 2.45) is 10.8 Å². The van der Waals surface area contributed by atoms with Crippen molar-refractivity contribution < 1.29 is 0 Å². The van der Waals surface area contributed by atoms with Crippen molar-refractivity contribution in [1.82, 2.24) is 0 Å². The minimum atomic E-state index is 0.432. The molecule has 0 unspecified atom stereocenters. The van der Waals surface area contributed by atoms with Crippen LogP contribution in [0.15, 0.2) is 0 Å². The first kappa shape index (κ1) is 10.2. The summed E-state index contributed by atoms with van der Waals surface area (Å²) in [6.45, 7) is 13.9. The van der Waals surface area contributed by atoms with E-state index in [9.17, 15) is 0 Å². The molecule has 0 nitrogen and oxygen atoms in total. The summed E-state index contributed by atoms with van der Waals surface area (Å²) in [5.41, 5.74) is 2.31. The van der Waals surface area contributed by atoms with Gasteiger partial charge in [0.15, 0.2) is 0 Å². The third-order valence-corrected chi connectivity index (χ3v) is 2.83. The highest BCUT2D eigenvalue weighted by Crippen LogP contribution is 2.47. The zero-order chi connectivity index (χ0) is 9.57. The normalized spacial score (nSPS) is 30.2. The first-order chi connectivity index (χ1) is 5.21. The van der Waals surface area contributed by atoms with E-state index in [0.29, 0.717) is 10.8 Å². The molecule has 0 aromatic heterocycles. The predicted molar refractivity (Wildman–Crippen MR) is 57.9 cm³/mol. The molecule has 0 N–H and O–H groups in total. The molecule has 0 saturated carbocycles. The summed E-state index contributed by atoms with van der Waals surface area (Å²) in [5.74, 6) is 0. The molecule has 0 aromatic rings. The van der Waals surface area contributed by atoms with Crippen LogP contribution in [0.3, 0.4) is 0 Å². The molecule has 66 valence electrons. The molecule has 12 heavy (non-hydrogen) atoms. The van der Waals surface area contributed by atoms with E-state index in [4.69, 9.17) is 0 Å². The minimum Gasteiger partial charge on any atom is -0.0906 e. The third kappa shape index (κ3) is 2.08. The van der Waals surface area contributed by atoms with Gasteiger partial charge in [0.2, 0.25) is 0 Å². The zero-order valence-corrected chi connectivity index (χ0v) is 9.31. The van der Waals surface area contributed by atoms with E-state index >= 15 is 0 Å². The van der Waals surface area contributed by atoms with E-state index in [0.717, 1.165) is 11.4 Å². The van der Waals surface area contributed by atoms with Crippen molar-refractivity contribution in [3.63, 3.8) is 0 Å². The number of hydrogen-bond acceptors (Lipinski definition) is 0. The first-order valence-electron chi connectivity index (χ1n) is 4.91. The fraction of sp³-hybridized carbons (Fsp3) is 1.00. The van der Waals surface area contributed by atoms with Gasteiger partial charge in [-0.15, -0.1) is 0 Å². The van der Waals surface area contributed by atoms with Gasteiger partial charge in [-0.05, 0) is 10.8 Å². The van der Waals surface area contributed by atoms with Crippen molar-refractivity contribution in [3.8, 4) is 0 Å². The Morgan fingerprint density at radius 1 is 0.667 bits per heavy atom. The Bertz CT molecular complexity index is 138. The Morgan fingerprint density at radius 2 is 0.917 bits per heavy atom. The first-order valence-corrected chi connectivity index (χ1v) is 4.91. The van der Waals surface area contributed by atoms with Crippen LogP contribution in [0.4, 0.5) is 0 Å². The minimum absolute atomic E-state index is 0.432. The van der Waals surface area contributed by atoms with Gasteiger partial charge in [0, 0.05) is 0 Å². The van der Waals surface area contributed by atoms with Gasteiger partial charge in [0.1, 0.15) is 0 Å². The molecule has 1 fully saturated rings. The van der Waals surface area contributed by atoms with Crippen LogP contribution in [-0.2, 0) is 0 Å². The molecule has 0 aliphatic carbocycles. The van der Waals surface area contributed by atoms with Gasteiger partial charge < -0.3 is 0 Å². The Balaban J connectivity index is 2.39. The highest BCUT2D eigenvalue weighted by Gasteiger charge is 2.43. The molecule has 1 aliphatic rings. The van der Waals surface area contributed by atoms with Crippen LogP contribution in [0.5, 0.6) is 0 Å². The van der Waals surface area contributed by atoms with Crippen LogP contribution in [0.2, 0.25) is 11.4 Å². The molecule has 0 atom stereocenters. The summed E-state index contributed by atoms with van der Waals surface area (Å²) < 4.78 is 0. The summed E-state index contributed by atoms with van der Waals surface area (Å²) in [4.78, 5) is 0. The van der Waals surface area contributed by atoms with Crippen LogP contribution >= 0.6 is 0 Å². The molecule has 2 radical (unpaired) electrons. The average molecular weight is 162 g/mol. The molecule has 1 aliphatic heterocycles. The molecule has 1 rings (SSSR count).